The molecule has 170 valence electrons. The topological polar surface area (TPSA) is 105 Å². The highest BCUT2D eigenvalue weighted by Crippen LogP contribution is 2.40. The van der Waals surface area contributed by atoms with Crippen LogP contribution < -0.4 is 15.0 Å². The molecule has 0 saturated carbocycles. The molecule has 0 spiro atoms. The fourth-order valence-corrected chi connectivity index (χ4v) is 3.96. The van der Waals surface area contributed by atoms with E-state index in [-0.39, 0.29) is 11.8 Å². The van der Waals surface area contributed by atoms with E-state index in [0.717, 1.165) is 10.5 Å². The highest BCUT2D eigenvalue weighted by molar-refractivity contribution is 6.22. The van der Waals surface area contributed by atoms with Gasteiger partial charge in [-0.15, -0.1) is 0 Å². The van der Waals surface area contributed by atoms with Gasteiger partial charge >= 0.3 is 0 Å². The van der Waals surface area contributed by atoms with Crippen LogP contribution in [0.4, 0.5) is 0 Å². The lowest BCUT2D eigenvalue weighted by atomic mass is 9.82. The van der Waals surface area contributed by atoms with Gasteiger partial charge in [-0.2, -0.15) is 0 Å². The van der Waals surface area contributed by atoms with Crippen LogP contribution in [-0.4, -0.2) is 41.5 Å². The molecule has 1 aliphatic rings. The molecule has 0 aliphatic carbocycles. The zero-order valence-corrected chi connectivity index (χ0v) is 18.9. The Morgan fingerprint density at radius 2 is 1.84 bits per heavy atom. The number of carbonyl (C=O) groups is 3. The number of hydrogen-bond acceptors (Lipinski definition) is 6. The van der Waals surface area contributed by atoms with Gasteiger partial charge in [-0.05, 0) is 41.7 Å². The van der Waals surface area contributed by atoms with E-state index < -0.39 is 23.8 Å². The molecule has 0 aromatic heterocycles. The van der Waals surface area contributed by atoms with E-state index in [1.165, 1.54) is 7.11 Å². The minimum Gasteiger partial charge on any atom is -0.493 e. The van der Waals surface area contributed by atoms with Gasteiger partial charge in [0.05, 0.1) is 37.3 Å². The number of imide groups is 1. The van der Waals surface area contributed by atoms with Gasteiger partial charge in [-0.25, -0.2) is 5.48 Å². The molecule has 3 amide bonds. The van der Waals surface area contributed by atoms with Crippen LogP contribution in [-0.2, 0) is 10.2 Å². The monoisotopic (exact) mass is 440 g/mol. The molecule has 2 aromatic rings. The summed E-state index contributed by atoms with van der Waals surface area (Å²) in [7, 11) is 1.51. The number of hydroxylamine groups is 1. The van der Waals surface area contributed by atoms with Gasteiger partial charge in [0.1, 0.15) is 0 Å². The Hall–Kier alpha value is -3.39. The predicted molar refractivity (Wildman–Crippen MR) is 117 cm³/mol. The number of rotatable bonds is 7. The Labute approximate surface area is 187 Å². The highest BCUT2D eigenvalue weighted by atomic mass is 16.5. The summed E-state index contributed by atoms with van der Waals surface area (Å²) in [6.07, 6.45) is -0.315. The average Bonchev–Trinajstić information content (AvgIpc) is 3.01. The number of carbonyl (C=O) groups excluding carboxylic acids is 3. The van der Waals surface area contributed by atoms with Gasteiger partial charge in [-0.3, -0.25) is 24.5 Å². The second-order valence-corrected chi connectivity index (χ2v) is 8.56. The van der Waals surface area contributed by atoms with E-state index >= 15 is 0 Å². The number of methoxy groups -OCH3 is 1. The van der Waals surface area contributed by atoms with Crippen LogP contribution in [0.3, 0.4) is 0 Å². The van der Waals surface area contributed by atoms with Crippen molar-refractivity contribution in [1.82, 2.24) is 10.4 Å². The molecule has 3 rings (SSSR count). The van der Waals surface area contributed by atoms with Gasteiger partial charge in [0, 0.05) is 0 Å². The van der Waals surface area contributed by atoms with E-state index in [0.29, 0.717) is 34.8 Å². The lowest BCUT2D eigenvalue weighted by Gasteiger charge is -2.27. The maximum atomic E-state index is 13.5. The fourth-order valence-electron chi connectivity index (χ4n) is 3.96. The highest BCUT2D eigenvalue weighted by Gasteiger charge is 2.44. The summed E-state index contributed by atoms with van der Waals surface area (Å²) in [5.74, 6) is -0.774. The van der Waals surface area contributed by atoms with Crippen LogP contribution in [0, 0.1) is 0 Å². The molecular weight excluding hydrogens is 412 g/mol. The van der Waals surface area contributed by atoms with E-state index in [9.17, 15) is 14.4 Å². The Morgan fingerprint density at radius 3 is 2.44 bits per heavy atom. The van der Waals surface area contributed by atoms with Crippen LogP contribution in [0.15, 0.2) is 36.4 Å². The van der Waals surface area contributed by atoms with E-state index in [2.05, 4.69) is 0 Å². The van der Waals surface area contributed by atoms with Gasteiger partial charge < -0.3 is 9.47 Å². The van der Waals surface area contributed by atoms with Crippen LogP contribution >= 0.6 is 0 Å². The first kappa shape index (κ1) is 23.3. The van der Waals surface area contributed by atoms with Crippen LogP contribution in [0.25, 0.3) is 0 Å². The van der Waals surface area contributed by atoms with E-state index in [4.69, 9.17) is 14.7 Å². The molecule has 1 unspecified atom stereocenters. The Bertz CT molecular complexity index is 1060. The quantitative estimate of drug-likeness (QED) is 0.387. The Balaban J connectivity index is 2.13. The molecule has 1 aliphatic heterocycles. The number of ether oxygens (including phenoxy) is 2. The zero-order valence-electron chi connectivity index (χ0n) is 18.9. The number of benzene rings is 2. The molecule has 8 nitrogen and oxygen atoms in total. The maximum absolute atomic E-state index is 13.5. The Kier molecular flexibility index (Phi) is 6.55. The maximum Gasteiger partial charge on any atom is 0.262 e. The number of nitrogens with one attached hydrogen (secondary N) is 1. The molecule has 32 heavy (non-hydrogen) atoms. The van der Waals surface area contributed by atoms with Crippen molar-refractivity contribution < 1.29 is 29.1 Å². The second kappa shape index (κ2) is 9.00. The standard InChI is InChI=1S/C24H28N2O6/c1-6-32-19-12-14(10-11-18(19)31-5)17(13-20(27)25-30)26-22(28)15-8-7-9-16(24(2,3)4)21(15)23(26)29/h7-12,17,30H,6,13H2,1-5H3,(H,25,27). The summed E-state index contributed by atoms with van der Waals surface area (Å²) >= 11 is 0. The number of amides is 3. The summed E-state index contributed by atoms with van der Waals surface area (Å²) in [6, 6.07) is 9.23. The van der Waals surface area contributed by atoms with Gasteiger partial charge in [-0.1, -0.05) is 39.0 Å². The van der Waals surface area contributed by atoms with Gasteiger partial charge in [0.2, 0.25) is 5.91 Å². The van der Waals surface area contributed by atoms with Gasteiger partial charge in [0.25, 0.3) is 11.8 Å². The summed E-state index contributed by atoms with van der Waals surface area (Å²) in [5.41, 5.74) is 3.14. The lowest BCUT2D eigenvalue weighted by molar-refractivity contribution is -0.130. The summed E-state index contributed by atoms with van der Waals surface area (Å²) in [6.45, 7) is 8.11. The van der Waals surface area contributed by atoms with Gasteiger partial charge in [0.15, 0.2) is 11.5 Å². The third kappa shape index (κ3) is 4.18. The van der Waals surface area contributed by atoms with Crippen molar-refractivity contribution in [2.24, 2.45) is 0 Å². The van der Waals surface area contributed by atoms with Crippen molar-refractivity contribution in [3.05, 3.63) is 58.7 Å². The molecule has 1 heterocycles. The van der Waals surface area contributed by atoms with Crippen molar-refractivity contribution >= 4 is 17.7 Å². The third-order valence-corrected chi connectivity index (χ3v) is 5.44. The van der Waals surface area contributed by atoms with Crippen LogP contribution in [0.2, 0.25) is 0 Å². The SMILES string of the molecule is CCOc1cc(C(CC(=O)NO)N2C(=O)c3cccc(C(C)(C)C)c3C2=O)ccc1OC. The third-order valence-electron chi connectivity index (χ3n) is 5.44. The number of nitrogens with zero attached hydrogens (tertiary/aromatic N) is 1. The second-order valence-electron chi connectivity index (χ2n) is 8.56. The molecule has 1 atom stereocenters. The zero-order chi connectivity index (χ0) is 23.6. The van der Waals surface area contributed by atoms with E-state index in [1.807, 2.05) is 33.8 Å². The smallest absolute Gasteiger partial charge is 0.262 e. The van der Waals surface area contributed by atoms with Crippen molar-refractivity contribution in [2.75, 3.05) is 13.7 Å². The summed E-state index contributed by atoms with van der Waals surface area (Å²) in [5, 5.41) is 9.12. The molecule has 0 radical (unpaired) electrons. The normalized spacial score (nSPS) is 14.2. The van der Waals surface area contributed by atoms with Crippen molar-refractivity contribution in [3.63, 3.8) is 0 Å². The molecule has 2 aromatic carbocycles. The molecule has 0 fully saturated rings. The first-order valence-electron chi connectivity index (χ1n) is 10.4. The molecule has 0 saturated heterocycles. The van der Waals surface area contributed by atoms with Crippen LogP contribution in [0.5, 0.6) is 11.5 Å². The number of fused-ring (bicyclic) bond motifs is 1. The lowest BCUT2D eigenvalue weighted by Crippen LogP contribution is -2.37. The molecule has 0 bridgehead atoms. The molecule has 2 N–H and O–H groups in total. The largest absolute Gasteiger partial charge is 0.493 e. The predicted octanol–water partition coefficient (Wildman–Crippen LogP) is 3.62. The molecule has 8 heteroatoms. The first-order valence-corrected chi connectivity index (χ1v) is 10.4. The number of hydrogen-bond donors (Lipinski definition) is 2. The molecular formula is C24H28N2O6. The first-order chi connectivity index (χ1) is 15.1. The fraction of sp³-hybridized carbons (Fsp3) is 0.375. The van der Waals surface area contributed by atoms with Crippen molar-refractivity contribution in [2.45, 2.75) is 45.6 Å². The summed E-state index contributed by atoms with van der Waals surface area (Å²) < 4.78 is 10.9. The Morgan fingerprint density at radius 1 is 1.12 bits per heavy atom. The van der Waals surface area contributed by atoms with Crippen LogP contribution in [0.1, 0.15) is 72.0 Å². The van der Waals surface area contributed by atoms with Crippen molar-refractivity contribution in [1.29, 1.82) is 0 Å². The van der Waals surface area contributed by atoms with Crippen molar-refractivity contribution in [3.8, 4) is 11.5 Å². The average molecular weight is 440 g/mol. The minimum atomic E-state index is -0.951. The van der Waals surface area contributed by atoms with E-state index in [1.54, 1.807) is 35.8 Å². The minimum absolute atomic E-state index is 0.301. The summed E-state index contributed by atoms with van der Waals surface area (Å²) in [4.78, 5) is 40.1.